The van der Waals surface area contributed by atoms with Gasteiger partial charge in [0.15, 0.2) is 0 Å². The van der Waals surface area contributed by atoms with Gasteiger partial charge < -0.3 is 10.8 Å². The Balaban J connectivity index is 2.58. The van der Waals surface area contributed by atoms with Crippen molar-refractivity contribution >= 4 is 29.1 Å². The molecule has 0 aromatic carbocycles. The van der Waals surface area contributed by atoms with E-state index in [1.807, 2.05) is 18.4 Å². The Morgan fingerprint density at radius 3 is 2.92 bits per heavy atom. The van der Waals surface area contributed by atoms with Gasteiger partial charge in [0.25, 0.3) is 0 Å². The molecule has 0 aliphatic carbocycles. The molecule has 13 heavy (non-hydrogen) atoms. The number of hydrogen-bond donors (Lipinski definition) is 2. The van der Waals surface area contributed by atoms with E-state index in [4.69, 9.17) is 10.8 Å². The van der Waals surface area contributed by atoms with Crippen molar-refractivity contribution in [1.82, 2.24) is 0 Å². The molecule has 0 saturated heterocycles. The zero-order chi connectivity index (χ0) is 9.84. The average molecular weight is 217 g/mol. The Labute approximate surface area is 85.0 Å². The van der Waals surface area contributed by atoms with Crippen molar-refractivity contribution in [2.45, 2.75) is 16.7 Å². The first-order valence-corrected chi connectivity index (χ1v) is 5.78. The van der Waals surface area contributed by atoms with Crippen molar-refractivity contribution in [2.24, 2.45) is 5.73 Å². The van der Waals surface area contributed by atoms with E-state index in [1.54, 1.807) is 23.1 Å². The van der Waals surface area contributed by atoms with Gasteiger partial charge in [0.05, 0.1) is 4.21 Å². The van der Waals surface area contributed by atoms with E-state index in [1.165, 1.54) is 4.21 Å². The Hall–Kier alpha value is -0.520. The van der Waals surface area contributed by atoms with Gasteiger partial charge in [0, 0.05) is 11.3 Å². The molecule has 1 aromatic heterocycles. The van der Waals surface area contributed by atoms with E-state index < -0.39 is 12.0 Å². The highest BCUT2D eigenvalue weighted by Crippen LogP contribution is 2.25. The van der Waals surface area contributed by atoms with Gasteiger partial charge in [-0.25, -0.2) is 0 Å². The molecule has 1 aromatic rings. The van der Waals surface area contributed by atoms with E-state index >= 15 is 0 Å². The van der Waals surface area contributed by atoms with Crippen LogP contribution in [-0.4, -0.2) is 23.4 Å². The van der Waals surface area contributed by atoms with Gasteiger partial charge in [0.1, 0.15) is 6.04 Å². The normalized spacial score (nSPS) is 12.8. The number of hydrogen-bond acceptors (Lipinski definition) is 4. The van der Waals surface area contributed by atoms with Gasteiger partial charge in [0.2, 0.25) is 0 Å². The van der Waals surface area contributed by atoms with Gasteiger partial charge in [-0.05, 0) is 18.4 Å². The summed E-state index contributed by atoms with van der Waals surface area (Å²) in [5.41, 5.74) is 5.40. The van der Waals surface area contributed by atoms with E-state index in [0.717, 1.165) is 4.88 Å². The molecule has 0 radical (unpaired) electrons. The van der Waals surface area contributed by atoms with E-state index in [0.29, 0.717) is 6.42 Å². The minimum Gasteiger partial charge on any atom is -0.480 e. The molecule has 1 unspecified atom stereocenters. The minimum atomic E-state index is -0.945. The van der Waals surface area contributed by atoms with Crippen LogP contribution in [0.25, 0.3) is 0 Å². The summed E-state index contributed by atoms with van der Waals surface area (Å²) in [6.07, 6.45) is 2.41. The standard InChI is InChI=1S/C8H11NO2S2/c1-12-7-3-2-5(13-7)4-6(9)8(10)11/h2-3,6H,4,9H2,1H3,(H,10,11). The molecule has 3 nitrogen and oxygen atoms in total. The van der Waals surface area contributed by atoms with E-state index in [-0.39, 0.29) is 0 Å². The average Bonchev–Trinajstić information content (AvgIpc) is 2.52. The lowest BCUT2D eigenvalue weighted by Crippen LogP contribution is -2.31. The van der Waals surface area contributed by atoms with Crippen LogP contribution < -0.4 is 5.73 Å². The van der Waals surface area contributed by atoms with Crippen LogP contribution in [0.5, 0.6) is 0 Å². The van der Waals surface area contributed by atoms with Gasteiger partial charge in [-0.2, -0.15) is 0 Å². The summed E-state index contributed by atoms with van der Waals surface area (Å²) >= 11 is 3.25. The van der Waals surface area contributed by atoms with Crippen LogP contribution in [0, 0.1) is 0 Å². The number of nitrogens with two attached hydrogens (primary N) is 1. The molecule has 0 fully saturated rings. The SMILES string of the molecule is CSc1ccc(CC(N)C(=O)O)s1. The highest BCUT2D eigenvalue weighted by molar-refractivity contribution is 8.00. The molecule has 0 aliphatic heterocycles. The predicted molar refractivity (Wildman–Crippen MR) is 55.4 cm³/mol. The van der Waals surface area contributed by atoms with Crippen molar-refractivity contribution in [1.29, 1.82) is 0 Å². The first-order chi connectivity index (χ1) is 6.13. The lowest BCUT2D eigenvalue weighted by atomic mass is 10.2. The highest BCUT2D eigenvalue weighted by Gasteiger charge is 2.13. The molecule has 1 atom stereocenters. The van der Waals surface area contributed by atoms with Crippen LogP contribution in [0.3, 0.4) is 0 Å². The quantitative estimate of drug-likeness (QED) is 0.749. The third kappa shape index (κ3) is 3.02. The van der Waals surface area contributed by atoms with Gasteiger partial charge in [-0.15, -0.1) is 23.1 Å². The monoisotopic (exact) mass is 217 g/mol. The number of aliphatic carboxylic acids is 1. The maximum Gasteiger partial charge on any atom is 0.320 e. The molecule has 0 amide bonds. The van der Waals surface area contributed by atoms with E-state index in [2.05, 4.69) is 0 Å². The molecule has 1 rings (SSSR count). The van der Waals surface area contributed by atoms with Gasteiger partial charge in [-0.1, -0.05) is 0 Å². The van der Waals surface area contributed by atoms with Crippen molar-refractivity contribution in [2.75, 3.05) is 6.26 Å². The Morgan fingerprint density at radius 1 is 1.77 bits per heavy atom. The Bertz CT molecular complexity index is 298. The summed E-state index contributed by atoms with van der Waals surface area (Å²) in [4.78, 5) is 11.5. The molecule has 0 bridgehead atoms. The number of rotatable bonds is 4. The lowest BCUT2D eigenvalue weighted by Gasteiger charge is -2.02. The largest absolute Gasteiger partial charge is 0.480 e. The number of carboxylic acid groups (broad SMARTS) is 1. The zero-order valence-electron chi connectivity index (χ0n) is 7.19. The topological polar surface area (TPSA) is 63.3 Å². The molecule has 0 spiro atoms. The second kappa shape index (κ2) is 4.64. The Kier molecular flexibility index (Phi) is 3.77. The third-order valence-corrected chi connectivity index (χ3v) is 3.77. The first-order valence-electron chi connectivity index (χ1n) is 3.74. The number of carbonyl (C=O) groups is 1. The van der Waals surface area contributed by atoms with Gasteiger partial charge in [-0.3, -0.25) is 4.79 Å². The van der Waals surface area contributed by atoms with Crippen molar-refractivity contribution in [3.05, 3.63) is 17.0 Å². The first kappa shape index (κ1) is 10.6. The van der Waals surface area contributed by atoms with Crippen LogP contribution in [0.15, 0.2) is 16.3 Å². The molecule has 3 N–H and O–H groups in total. The second-order valence-electron chi connectivity index (χ2n) is 2.57. The summed E-state index contributed by atoms with van der Waals surface area (Å²) < 4.78 is 1.19. The van der Waals surface area contributed by atoms with Crippen LogP contribution in [-0.2, 0) is 11.2 Å². The maximum atomic E-state index is 10.5. The maximum absolute atomic E-state index is 10.5. The van der Waals surface area contributed by atoms with Crippen LogP contribution in [0.1, 0.15) is 4.88 Å². The number of carboxylic acids is 1. The zero-order valence-corrected chi connectivity index (χ0v) is 8.82. The molecule has 0 aliphatic rings. The highest BCUT2D eigenvalue weighted by atomic mass is 32.2. The van der Waals surface area contributed by atoms with Crippen LogP contribution in [0.2, 0.25) is 0 Å². The fraction of sp³-hybridized carbons (Fsp3) is 0.375. The molecule has 1 heterocycles. The summed E-state index contributed by atoms with van der Waals surface area (Å²) in [5.74, 6) is -0.945. The molecular formula is C8H11NO2S2. The number of thiophene rings is 1. The second-order valence-corrected chi connectivity index (χ2v) is 4.85. The fourth-order valence-electron chi connectivity index (χ4n) is 0.882. The van der Waals surface area contributed by atoms with Crippen LogP contribution >= 0.6 is 23.1 Å². The summed E-state index contributed by atoms with van der Waals surface area (Å²) in [7, 11) is 0. The predicted octanol–water partition coefficient (Wildman–Crippen LogP) is 1.42. The summed E-state index contributed by atoms with van der Waals surface area (Å²) in [6, 6.07) is 3.13. The molecule has 72 valence electrons. The molecule has 5 heteroatoms. The Morgan fingerprint density at radius 2 is 2.46 bits per heavy atom. The van der Waals surface area contributed by atoms with Crippen LogP contribution in [0.4, 0.5) is 0 Å². The number of thioether (sulfide) groups is 1. The molecular weight excluding hydrogens is 206 g/mol. The van der Waals surface area contributed by atoms with Crippen molar-refractivity contribution in [3.8, 4) is 0 Å². The molecule has 0 saturated carbocycles. The van der Waals surface area contributed by atoms with Gasteiger partial charge >= 0.3 is 5.97 Å². The minimum absolute atomic E-state index is 0.417. The lowest BCUT2D eigenvalue weighted by molar-refractivity contribution is -0.138. The fourth-order valence-corrected chi connectivity index (χ4v) is 2.53. The summed E-state index contributed by atoms with van der Waals surface area (Å²) in [5, 5.41) is 8.58. The van der Waals surface area contributed by atoms with Crippen molar-refractivity contribution < 1.29 is 9.90 Å². The van der Waals surface area contributed by atoms with E-state index in [9.17, 15) is 4.79 Å². The third-order valence-electron chi connectivity index (χ3n) is 1.58. The smallest absolute Gasteiger partial charge is 0.320 e. The summed E-state index contributed by atoms with van der Waals surface area (Å²) in [6.45, 7) is 0. The van der Waals surface area contributed by atoms with Crippen molar-refractivity contribution in [3.63, 3.8) is 0 Å².